The quantitative estimate of drug-likeness (QED) is 0.905. The molecule has 0 saturated heterocycles. The second kappa shape index (κ2) is 4.87. The first-order chi connectivity index (χ1) is 8.61. The highest BCUT2D eigenvalue weighted by Gasteiger charge is 2.12. The van der Waals surface area contributed by atoms with Gasteiger partial charge in [0.15, 0.2) is 0 Å². The molecule has 5 nitrogen and oxygen atoms in total. The Balaban J connectivity index is 2.25. The number of halogens is 1. The number of nitrogens with zero attached hydrogens (tertiary/aromatic N) is 2. The van der Waals surface area contributed by atoms with Crippen molar-refractivity contribution in [2.45, 2.75) is 13.5 Å². The first-order valence-electron chi connectivity index (χ1n) is 5.33. The Bertz CT molecular complexity index is 580. The van der Waals surface area contributed by atoms with E-state index in [0.717, 1.165) is 12.1 Å². The van der Waals surface area contributed by atoms with E-state index in [2.05, 4.69) is 4.98 Å². The highest BCUT2D eigenvalue weighted by atomic mass is 19.1. The fourth-order valence-corrected chi connectivity index (χ4v) is 1.48. The van der Waals surface area contributed by atoms with Gasteiger partial charge in [0.25, 0.3) is 0 Å². The largest absolute Gasteiger partial charge is 0.478 e. The van der Waals surface area contributed by atoms with Crippen molar-refractivity contribution in [1.29, 1.82) is 0 Å². The molecule has 0 bridgehead atoms. The summed E-state index contributed by atoms with van der Waals surface area (Å²) in [7, 11) is 0. The molecule has 0 fully saturated rings. The molecule has 94 valence electrons. The Labute approximate surface area is 102 Å². The maximum Gasteiger partial charge on any atom is 0.338 e. The van der Waals surface area contributed by atoms with Crippen molar-refractivity contribution in [3.8, 4) is 11.8 Å². The number of hydrogen-bond acceptors (Lipinski definition) is 3. The van der Waals surface area contributed by atoms with Gasteiger partial charge >= 0.3 is 12.0 Å². The summed E-state index contributed by atoms with van der Waals surface area (Å²) in [4.78, 5) is 14.6. The van der Waals surface area contributed by atoms with Gasteiger partial charge in [-0.05, 0) is 19.1 Å². The average molecular weight is 250 g/mol. The van der Waals surface area contributed by atoms with Crippen LogP contribution in [0.15, 0.2) is 30.6 Å². The second-order valence-corrected chi connectivity index (χ2v) is 3.54. The Morgan fingerprint density at radius 3 is 2.94 bits per heavy atom. The average Bonchev–Trinajstić information content (AvgIpc) is 2.76. The molecule has 0 aliphatic carbocycles. The normalized spacial score (nSPS) is 10.3. The zero-order valence-corrected chi connectivity index (χ0v) is 9.63. The van der Waals surface area contributed by atoms with Crippen molar-refractivity contribution in [2.75, 3.05) is 0 Å². The molecule has 0 saturated carbocycles. The third-order valence-electron chi connectivity index (χ3n) is 2.40. The molecule has 1 N–H and O–H groups in total. The zero-order chi connectivity index (χ0) is 13.1. The minimum absolute atomic E-state index is 0.207. The van der Waals surface area contributed by atoms with Gasteiger partial charge in [-0.25, -0.2) is 14.2 Å². The Morgan fingerprint density at radius 1 is 1.56 bits per heavy atom. The van der Waals surface area contributed by atoms with Crippen molar-refractivity contribution < 1.29 is 19.0 Å². The van der Waals surface area contributed by atoms with Crippen LogP contribution in [0.1, 0.15) is 17.3 Å². The van der Waals surface area contributed by atoms with Crippen LogP contribution in [0.25, 0.3) is 0 Å². The Kier molecular flexibility index (Phi) is 3.27. The fraction of sp³-hybridized carbons (Fsp3) is 0.167. The predicted molar refractivity (Wildman–Crippen MR) is 61.3 cm³/mol. The number of ether oxygens (including phenoxy) is 1. The molecule has 0 unspecified atom stereocenters. The lowest BCUT2D eigenvalue weighted by Gasteiger charge is -2.07. The minimum atomic E-state index is -1.31. The third-order valence-corrected chi connectivity index (χ3v) is 2.40. The molecule has 1 aromatic heterocycles. The molecule has 0 aliphatic rings. The third kappa shape index (κ3) is 2.32. The van der Waals surface area contributed by atoms with Crippen LogP contribution in [0.5, 0.6) is 11.8 Å². The monoisotopic (exact) mass is 250 g/mol. The van der Waals surface area contributed by atoms with Gasteiger partial charge in [-0.1, -0.05) is 0 Å². The van der Waals surface area contributed by atoms with Gasteiger partial charge in [0, 0.05) is 25.0 Å². The molecule has 18 heavy (non-hydrogen) atoms. The highest BCUT2D eigenvalue weighted by Crippen LogP contribution is 2.22. The Hall–Kier alpha value is -2.37. The van der Waals surface area contributed by atoms with Crippen molar-refractivity contribution >= 4 is 5.97 Å². The van der Waals surface area contributed by atoms with Gasteiger partial charge in [0.05, 0.1) is 5.56 Å². The van der Waals surface area contributed by atoms with Crippen LogP contribution in [0.4, 0.5) is 4.39 Å². The molecule has 2 rings (SSSR count). The molecule has 1 aromatic carbocycles. The number of rotatable bonds is 4. The summed E-state index contributed by atoms with van der Waals surface area (Å²) in [6, 6.07) is 3.91. The number of aromatic nitrogens is 2. The SMILES string of the molecule is CCn1ccnc1Oc1ccc(C(=O)O)c(F)c1. The summed E-state index contributed by atoms with van der Waals surface area (Å²) in [6.07, 6.45) is 3.30. The van der Waals surface area contributed by atoms with E-state index >= 15 is 0 Å². The van der Waals surface area contributed by atoms with Crippen LogP contribution in [0.3, 0.4) is 0 Å². The first-order valence-corrected chi connectivity index (χ1v) is 5.33. The summed E-state index contributed by atoms with van der Waals surface area (Å²) in [5.41, 5.74) is -0.388. The molecule has 0 spiro atoms. The second-order valence-electron chi connectivity index (χ2n) is 3.54. The van der Waals surface area contributed by atoms with Gasteiger partial charge in [0.1, 0.15) is 11.6 Å². The van der Waals surface area contributed by atoms with Crippen LogP contribution >= 0.6 is 0 Å². The maximum atomic E-state index is 13.4. The topological polar surface area (TPSA) is 64.4 Å². The van der Waals surface area contributed by atoms with Crippen LogP contribution in [0.2, 0.25) is 0 Å². The van der Waals surface area contributed by atoms with Crippen LogP contribution in [0, 0.1) is 5.82 Å². The number of carbonyl (C=O) groups is 1. The van der Waals surface area contributed by atoms with E-state index in [1.165, 1.54) is 6.07 Å². The summed E-state index contributed by atoms with van der Waals surface area (Å²) in [5, 5.41) is 8.70. The van der Waals surface area contributed by atoms with Crippen LogP contribution in [-0.2, 0) is 6.54 Å². The number of aryl methyl sites for hydroxylation is 1. The smallest absolute Gasteiger partial charge is 0.338 e. The molecule has 0 amide bonds. The van der Waals surface area contributed by atoms with Gasteiger partial charge in [-0.15, -0.1) is 0 Å². The van der Waals surface area contributed by atoms with Crippen LogP contribution in [-0.4, -0.2) is 20.6 Å². The van der Waals surface area contributed by atoms with Crippen LogP contribution < -0.4 is 4.74 Å². The van der Waals surface area contributed by atoms with E-state index in [-0.39, 0.29) is 11.3 Å². The highest BCUT2D eigenvalue weighted by molar-refractivity contribution is 5.88. The van der Waals surface area contributed by atoms with E-state index in [4.69, 9.17) is 9.84 Å². The first kappa shape index (κ1) is 12.1. The maximum absolute atomic E-state index is 13.4. The zero-order valence-electron chi connectivity index (χ0n) is 9.63. The molecular weight excluding hydrogens is 239 g/mol. The molecule has 0 aliphatic heterocycles. The van der Waals surface area contributed by atoms with Gasteiger partial charge < -0.3 is 14.4 Å². The van der Waals surface area contributed by atoms with Crippen molar-refractivity contribution in [2.24, 2.45) is 0 Å². The number of benzene rings is 1. The van der Waals surface area contributed by atoms with Crippen molar-refractivity contribution in [3.05, 3.63) is 42.0 Å². The summed E-state index contributed by atoms with van der Waals surface area (Å²) >= 11 is 0. The number of aromatic carboxylic acids is 1. The van der Waals surface area contributed by atoms with Gasteiger partial charge in [0.2, 0.25) is 0 Å². The molecule has 6 heteroatoms. The van der Waals surface area contributed by atoms with Gasteiger partial charge in [-0.3, -0.25) is 0 Å². The number of hydrogen-bond donors (Lipinski definition) is 1. The number of imidazole rings is 1. The lowest BCUT2D eigenvalue weighted by molar-refractivity contribution is 0.0692. The van der Waals surface area contributed by atoms with E-state index in [1.807, 2.05) is 6.92 Å². The number of carboxylic acid groups (broad SMARTS) is 1. The summed E-state index contributed by atoms with van der Waals surface area (Å²) < 4.78 is 20.5. The summed E-state index contributed by atoms with van der Waals surface area (Å²) in [6.45, 7) is 2.59. The standard InChI is InChI=1S/C12H11FN2O3/c1-2-15-6-5-14-12(15)18-8-3-4-9(11(16)17)10(13)7-8/h3-7H,2H2,1H3,(H,16,17). The Morgan fingerprint density at radius 2 is 2.33 bits per heavy atom. The predicted octanol–water partition coefficient (Wildman–Crippen LogP) is 2.53. The lowest BCUT2D eigenvalue weighted by atomic mass is 10.2. The van der Waals surface area contributed by atoms with Crippen molar-refractivity contribution in [3.63, 3.8) is 0 Å². The summed E-state index contributed by atoms with van der Waals surface area (Å²) in [5.74, 6) is -1.94. The molecule has 1 heterocycles. The fourth-order valence-electron chi connectivity index (χ4n) is 1.48. The van der Waals surface area contributed by atoms with Crippen molar-refractivity contribution in [1.82, 2.24) is 9.55 Å². The van der Waals surface area contributed by atoms with E-state index < -0.39 is 11.8 Å². The minimum Gasteiger partial charge on any atom is -0.478 e. The van der Waals surface area contributed by atoms with Gasteiger partial charge in [-0.2, -0.15) is 0 Å². The van der Waals surface area contributed by atoms with E-state index in [0.29, 0.717) is 12.6 Å². The van der Waals surface area contributed by atoms with E-state index in [9.17, 15) is 9.18 Å². The number of carboxylic acids is 1. The molecule has 2 aromatic rings. The lowest BCUT2D eigenvalue weighted by Crippen LogP contribution is -2.01. The molecule has 0 atom stereocenters. The molecule has 0 radical (unpaired) electrons. The van der Waals surface area contributed by atoms with E-state index in [1.54, 1.807) is 17.0 Å². The molecular formula is C12H11FN2O3.